The normalized spacial score (nSPS) is 13.4. The van der Waals surface area contributed by atoms with Crippen molar-refractivity contribution in [2.45, 2.75) is 25.4 Å². The van der Waals surface area contributed by atoms with Gasteiger partial charge in [0.15, 0.2) is 5.82 Å². The van der Waals surface area contributed by atoms with Crippen LogP contribution < -0.4 is 5.32 Å². The average Bonchev–Trinajstić information content (AvgIpc) is 3.42. The minimum atomic E-state index is -0.0930. The maximum atomic E-state index is 12.7. The van der Waals surface area contributed by atoms with E-state index in [1.807, 2.05) is 59.0 Å². The van der Waals surface area contributed by atoms with Crippen molar-refractivity contribution >= 4 is 11.7 Å². The highest BCUT2D eigenvalue weighted by atomic mass is 16.2. The average molecular weight is 348 g/mol. The smallest absolute Gasteiger partial charge is 0.317 e. The first-order chi connectivity index (χ1) is 12.7. The first kappa shape index (κ1) is 16.3. The van der Waals surface area contributed by atoms with Gasteiger partial charge in [0.1, 0.15) is 6.33 Å². The van der Waals surface area contributed by atoms with Gasteiger partial charge >= 0.3 is 6.03 Å². The minimum absolute atomic E-state index is 0.0930. The fraction of sp³-hybridized carbons (Fsp3) is 0.263. The second kappa shape index (κ2) is 6.95. The summed E-state index contributed by atoms with van der Waals surface area (Å²) in [7, 11) is 1.90. The monoisotopic (exact) mass is 348 g/mol. The van der Waals surface area contributed by atoms with E-state index < -0.39 is 0 Å². The van der Waals surface area contributed by atoms with E-state index in [0.717, 1.165) is 35.6 Å². The Morgan fingerprint density at radius 1 is 1.23 bits per heavy atom. The Hall–Kier alpha value is -3.22. The number of nitrogens with zero attached hydrogens (tertiary/aromatic N) is 5. The molecule has 2 aromatic heterocycles. The summed E-state index contributed by atoms with van der Waals surface area (Å²) in [5, 5.41) is 11.0. The van der Waals surface area contributed by atoms with Crippen LogP contribution in [0.4, 0.5) is 10.5 Å². The topological polar surface area (TPSA) is 75.9 Å². The molecule has 7 nitrogen and oxygen atoms in total. The summed E-state index contributed by atoms with van der Waals surface area (Å²) < 4.78 is 1.86. The predicted molar refractivity (Wildman–Crippen MR) is 98.3 cm³/mol. The van der Waals surface area contributed by atoms with E-state index in [0.29, 0.717) is 12.6 Å². The van der Waals surface area contributed by atoms with Crippen molar-refractivity contribution in [1.82, 2.24) is 24.6 Å². The summed E-state index contributed by atoms with van der Waals surface area (Å²) in [4.78, 5) is 18.9. The molecule has 26 heavy (non-hydrogen) atoms. The second-order valence-corrected chi connectivity index (χ2v) is 6.45. The van der Waals surface area contributed by atoms with Crippen molar-refractivity contribution in [3.8, 4) is 11.4 Å². The number of aryl methyl sites for hydroxylation is 1. The van der Waals surface area contributed by atoms with Gasteiger partial charge < -0.3 is 14.8 Å². The van der Waals surface area contributed by atoms with Crippen molar-refractivity contribution in [3.05, 3.63) is 60.7 Å². The molecule has 7 heteroatoms. The lowest BCUT2D eigenvalue weighted by Gasteiger charge is -2.22. The Labute approximate surface area is 151 Å². The lowest BCUT2D eigenvalue weighted by Crippen LogP contribution is -2.36. The number of anilines is 1. The standard InChI is InChI=1S/C19H20N6O/c1-24-13-21-23-18(24)14-5-7-15(8-6-14)22-19(26)25(17-9-10-17)12-16-4-2-3-11-20-16/h2-8,11,13,17H,9-10,12H2,1H3,(H,22,26). The van der Waals surface area contributed by atoms with Crippen LogP contribution in [0.1, 0.15) is 18.5 Å². The maximum Gasteiger partial charge on any atom is 0.322 e. The van der Waals surface area contributed by atoms with E-state index in [1.54, 1.807) is 12.5 Å². The lowest BCUT2D eigenvalue weighted by atomic mass is 10.2. The number of rotatable bonds is 5. The molecule has 0 unspecified atom stereocenters. The molecule has 0 saturated heterocycles. The van der Waals surface area contributed by atoms with Crippen LogP contribution in [0, 0.1) is 0 Å². The maximum absolute atomic E-state index is 12.7. The number of carbonyl (C=O) groups is 1. The number of hydrogen-bond donors (Lipinski definition) is 1. The van der Waals surface area contributed by atoms with Gasteiger partial charge in [-0.05, 0) is 49.2 Å². The highest BCUT2D eigenvalue weighted by molar-refractivity contribution is 5.90. The van der Waals surface area contributed by atoms with Gasteiger partial charge in [0.2, 0.25) is 0 Å². The SMILES string of the molecule is Cn1cnnc1-c1ccc(NC(=O)N(Cc2ccccn2)C2CC2)cc1. The molecule has 1 aliphatic rings. The second-order valence-electron chi connectivity index (χ2n) is 6.45. The molecule has 2 amide bonds. The number of urea groups is 1. The highest BCUT2D eigenvalue weighted by Gasteiger charge is 2.32. The molecule has 3 aromatic rings. The molecule has 0 aliphatic heterocycles. The number of benzene rings is 1. The molecule has 1 aliphatic carbocycles. The number of aromatic nitrogens is 4. The van der Waals surface area contributed by atoms with Crippen molar-refractivity contribution in [2.24, 2.45) is 7.05 Å². The Bertz CT molecular complexity index is 886. The molecular weight excluding hydrogens is 328 g/mol. The van der Waals surface area contributed by atoms with Gasteiger partial charge in [-0.3, -0.25) is 4.98 Å². The number of carbonyl (C=O) groups excluding carboxylic acids is 1. The van der Waals surface area contributed by atoms with Crippen LogP contribution in [0.3, 0.4) is 0 Å². The molecule has 0 spiro atoms. The molecule has 1 aromatic carbocycles. The Morgan fingerprint density at radius 3 is 2.65 bits per heavy atom. The van der Waals surface area contributed by atoms with Gasteiger partial charge in [-0.2, -0.15) is 0 Å². The summed E-state index contributed by atoms with van der Waals surface area (Å²) in [5.41, 5.74) is 2.61. The van der Waals surface area contributed by atoms with Gasteiger partial charge in [0.05, 0.1) is 12.2 Å². The zero-order valence-electron chi connectivity index (χ0n) is 14.5. The molecule has 0 atom stereocenters. The quantitative estimate of drug-likeness (QED) is 0.769. The van der Waals surface area contributed by atoms with Gasteiger partial charge in [-0.25, -0.2) is 4.79 Å². The van der Waals surface area contributed by atoms with Crippen LogP contribution in [0.2, 0.25) is 0 Å². The molecule has 4 rings (SSSR count). The fourth-order valence-corrected chi connectivity index (χ4v) is 2.86. The van der Waals surface area contributed by atoms with E-state index in [1.165, 1.54) is 0 Å². The summed E-state index contributed by atoms with van der Waals surface area (Å²) in [6.45, 7) is 0.522. The Balaban J connectivity index is 1.45. The molecule has 1 fully saturated rings. The molecule has 1 N–H and O–H groups in total. The summed E-state index contributed by atoms with van der Waals surface area (Å²) in [6.07, 6.45) is 5.51. The van der Waals surface area contributed by atoms with E-state index >= 15 is 0 Å². The van der Waals surface area contributed by atoms with Gasteiger partial charge in [-0.1, -0.05) is 6.07 Å². The third-order valence-corrected chi connectivity index (χ3v) is 4.41. The molecule has 0 radical (unpaired) electrons. The molecule has 132 valence electrons. The van der Waals surface area contributed by atoms with Crippen molar-refractivity contribution in [3.63, 3.8) is 0 Å². The highest BCUT2D eigenvalue weighted by Crippen LogP contribution is 2.29. The van der Waals surface area contributed by atoms with Crippen LogP contribution >= 0.6 is 0 Å². The lowest BCUT2D eigenvalue weighted by molar-refractivity contribution is 0.205. The molecule has 1 saturated carbocycles. The Kier molecular flexibility index (Phi) is 4.35. The molecular formula is C19H20N6O. The van der Waals surface area contributed by atoms with Crippen LogP contribution in [0.5, 0.6) is 0 Å². The number of nitrogens with one attached hydrogen (secondary N) is 1. The predicted octanol–water partition coefficient (Wildman–Crippen LogP) is 3.07. The van der Waals surface area contributed by atoms with E-state index in [-0.39, 0.29) is 6.03 Å². The van der Waals surface area contributed by atoms with Gasteiger partial charge in [-0.15, -0.1) is 10.2 Å². The molecule has 2 heterocycles. The zero-order valence-corrected chi connectivity index (χ0v) is 14.5. The van der Waals surface area contributed by atoms with Crippen LogP contribution in [-0.2, 0) is 13.6 Å². The van der Waals surface area contributed by atoms with E-state index in [9.17, 15) is 4.79 Å². The third kappa shape index (κ3) is 3.56. The largest absolute Gasteiger partial charge is 0.322 e. The molecule has 0 bridgehead atoms. The number of pyridine rings is 1. The summed E-state index contributed by atoms with van der Waals surface area (Å²) in [5.74, 6) is 0.789. The Morgan fingerprint density at radius 2 is 2.04 bits per heavy atom. The van der Waals surface area contributed by atoms with E-state index in [4.69, 9.17) is 0 Å². The van der Waals surface area contributed by atoms with Gasteiger partial charge in [0, 0.05) is 30.5 Å². The summed E-state index contributed by atoms with van der Waals surface area (Å²) >= 11 is 0. The van der Waals surface area contributed by atoms with Crippen LogP contribution in [-0.4, -0.2) is 36.7 Å². The first-order valence-corrected chi connectivity index (χ1v) is 8.62. The minimum Gasteiger partial charge on any atom is -0.317 e. The first-order valence-electron chi connectivity index (χ1n) is 8.62. The fourth-order valence-electron chi connectivity index (χ4n) is 2.86. The summed E-state index contributed by atoms with van der Waals surface area (Å²) in [6, 6.07) is 13.6. The zero-order chi connectivity index (χ0) is 17.9. The van der Waals surface area contributed by atoms with Crippen LogP contribution in [0.15, 0.2) is 55.0 Å². The van der Waals surface area contributed by atoms with Gasteiger partial charge in [0.25, 0.3) is 0 Å². The van der Waals surface area contributed by atoms with Crippen molar-refractivity contribution < 1.29 is 4.79 Å². The number of amides is 2. The van der Waals surface area contributed by atoms with E-state index in [2.05, 4.69) is 20.5 Å². The van der Waals surface area contributed by atoms with Crippen molar-refractivity contribution in [2.75, 3.05) is 5.32 Å². The van der Waals surface area contributed by atoms with Crippen molar-refractivity contribution in [1.29, 1.82) is 0 Å². The number of hydrogen-bond acceptors (Lipinski definition) is 4. The third-order valence-electron chi connectivity index (χ3n) is 4.41. The van der Waals surface area contributed by atoms with Crippen LogP contribution in [0.25, 0.3) is 11.4 Å².